The molecule has 7 heteroatoms. The molecule has 1 N–H and O–H groups in total. The van der Waals surface area contributed by atoms with E-state index >= 15 is 0 Å². The van der Waals surface area contributed by atoms with Crippen molar-refractivity contribution in [2.45, 2.75) is 9.79 Å². The maximum atomic E-state index is 11.4. The van der Waals surface area contributed by atoms with Gasteiger partial charge in [0.2, 0.25) is 0 Å². The van der Waals surface area contributed by atoms with E-state index < -0.39 is 5.97 Å². The Morgan fingerprint density at radius 2 is 1.57 bits per heavy atom. The third-order valence-electron chi connectivity index (χ3n) is 2.98. The zero-order valence-electron chi connectivity index (χ0n) is 12.4. The molecule has 0 amide bonds. The predicted octanol–water partition coefficient (Wildman–Crippen LogP) is 4.01. The highest BCUT2D eigenvalue weighted by Crippen LogP contribution is 2.41. The number of aldehydes is 1. The molecule has 0 aliphatic heterocycles. The minimum atomic E-state index is -1.03. The maximum Gasteiger partial charge on any atom is 0.336 e. The summed E-state index contributed by atoms with van der Waals surface area (Å²) in [5, 5.41) is 9.30. The summed E-state index contributed by atoms with van der Waals surface area (Å²) in [6, 6.07) is 10.0. The molecule has 23 heavy (non-hydrogen) atoms. The fourth-order valence-electron chi connectivity index (χ4n) is 1.79. The monoisotopic (exact) mass is 350 g/mol. The van der Waals surface area contributed by atoms with Crippen LogP contribution < -0.4 is 9.47 Å². The predicted molar refractivity (Wildman–Crippen MR) is 90.0 cm³/mol. The first-order valence-corrected chi connectivity index (χ1v) is 8.63. The Hall–Kier alpha value is -2.12. The first-order chi connectivity index (χ1) is 11.1. The van der Waals surface area contributed by atoms with Crippen LogP contribution in [0, 0.1) is 0 Å². The molecule has 0 fully saturated rings. The van der Waals surface area contributed by atoms with E-state index in [9.17, 15) is 14.7 Å². The van der Waals surface area contributed by atoms with Gasteiger partial charge in [-0.3, -0.25) is 4.79 Å². The number of carboxylic acids is 1. The third-order valence-corrected chi connectivity index (χ3v) is 5.48. The largest absolute Gasteiger partial charge is 0.497 e. The van der Waals surface area contributed by atoms with Gasteiger partial charge in [0.25, 0.3) is 0 Å². The molecule has 0 bridgehead atoms. The molecule has 0 spiro atoms. The minimum absolute atomic E-state index is 0.156. The molecule has 2 aromatic rings. The first-order valence-electron chi connectivity index (χ1n) is 6.48. The molecule has 2 rings (SSSR count). The van der Waals surface area contributed by atoms with E-state index in [0.717, 1.165) is 11.2 Å². The number of aromatic carboxylic acids is 1. The zero-order valence-corrected chi connectivity index (χ0v) is 14.1. The number of carbonyl (C=O) groups excluding carboxylic acids is 1. The van der Waals surface area contributed by atoms with E-state index in [1.807, 2.05) is 0 Å². The van der Waals surface area contributed by atoms with Gasteiger partial charge in [-0.1, -0.05) is 21.6 Å². The summed E-state index contributed by atoms with van der Waals surface area (Å²) >= 11 is 0. The zero-order chi connectivity index (χ0) is 16.8. The highest BCUT2D eigenvalue weighted by atomic mass is 33.1. The third kappa shape index (κ3) is 4.20. The lowest BCUT2D eigenvalue weighted by molar-refractivity contribution is 0.0692. The lowest BCUT2D eigenvalue weighted by Crippen LogP contribution is -1.99. The van der Waals surface area contributed by atoms with Crippen LogP contribution in [-0.4, -0.2) is 31.6 Å². The van der Waals surface area contributed by atoms with Gasteiger partial charge in [0.15, 0.2) is 6.29 Å². The number of carboxylic acid groups (broad SMARTS) is 1. The maximum absolute atomic E-state index is 11.4. The van der Waals surface area contributed by atoms with E-state index in [2.05, 4.69) is 0 Å². The van der Waals surface area contributed by atoms with Gasteiger partial charge >= 0.3 is 5.97 Å². The van der Waals surface area contributed by atoms with Crippen molar-refractivity contribution in [3.63, 3.8) is 0 Å². The van der Waals surface area contributed by atoms with E-state index in [4.69, 9.17) is 9.47 Å². The number of hydrogen-bond acceptors (Lipinski definition) is 6. The van der Waals surface area contributed by atoms with E-state index in [0.29, 0.717) is 22.0 Å². The second-order valence-corrected chi connectivity index (χ2v) is 6.57. The number of hydrogen-bond donors (Lipinski definition) is 1. The average Bonchev–Trinajstić information content (AvgIpc) is 2.59. The topological polar surface area (TPSA) is 72.8 Å². The number of carbonyl (C=O) groups is 2. The Morgan fingerprint density at radius 1 is 1.00 bits per heavy atom. The number of ether oxygens (including phenoxy) is 2. The van der Waals surface area contributed by atoms with E-state index in [1.54, 1.807) is 30.3 Å². The van der Waals surface area contributed by atoms with Gasteiger partial charge in [0.05, 0.1) is 19.8 Å². The fraction of sp³-hybridized carbons (Fsp3) is 0.125. The number of benzene rings is 2. The highest BCUT2D eigenvalue weighted by Gasteiger charge is 2.14. The molecule has 0 atom stereocenters. The molecule has 0 aliphatic carbocycles. The molecular weight excluding hydrogens is 336 g/mol. The quantitative estimate of drug-likeness (QED) is 0.597. The van der Waals surface area contributed by atoms with Crippen LogP contribution in [-0.2, 0) is 0 Å². The summed E-state index contributed by atoms with van der Waals surface area (Å²) in [7, 11) is 5.60. The molecule has 0 unspecified atom stereocenters. The van der Waals surface area contributed by atoms with Crippen molar-refractivity contribution in [2.24, 2.45) is 0 Å². The Kier molecular flexibility index (Phi) is 5.95. The highest BCUT2D eigenvalue weighted by molar-refractivity contribution is 8.76. The summed E-state index contributed by atoms with van der Waals surface area (Å²) in [5.41, 5.74) is 0.648. The molecule has 5 nitrogen and oxygen atoms in total. The van der Waals surface area contributed by atoms with Gasteiger partial charge in [-0.15, -0.1) is 0 Å². The van der Waals surface area contributed by atoms with Crippen LogP contribution in [0.15, 0.2) is 46.2 Å². The summed E-state index contributed by atoms with van der Waals surface area (Å²) in [5.74, 6) is 0.0456. The molecule has 0 saturated carbocycles. The molecule has 0 aliphatic rings. The normalized spacial score (nSPS) is 10.2. The van der Waals surface area contributed by atoms with Gasteiger partial charge < -0.3 is 14.6 Å². The lowest BCUT2D eigenvalue weighted by Gasteiger charge is -2.09. The van der Waals surface area contributed by atoms with Gasteiger partial charge in [0, 0.05) is 15.4 Å². The summed E-state index contributed by atoms with van der Waals surface area (Å²) in [6.07, 6.45) is 0.748. The van der Waals surface area contributed by atoms with E-state index in [1.165, 1.54) is 41.9 Å². The van der Waals surface area contributed by atoms with Crippen LogP contribution in [0.2, 0.25) is 0 Å². The van der Waals surface area contributed by atoms with Gasteiger partial charge in [-0.2, -0.15) is 0 Å². The van der Waals surface area contributed by atoms with Crippen molar-refractivity contribution in [1.29, 1.82) is 0 Å². The van der Waals surface area contributed by atoms with Crippen molar-refractivity contribution in [3.05, 3.63) is 47.5 Å². The van der Waals surface area contributed by atoms with Crippen molar-refractivity contribution < 1.29 is 24.2 Å². The molecule has 0 radical (unpaired) electrons. The van der Waals surface area contributed by atoms with E-state index in [-0.39, 0.29) is 5.56 Å². The standard InChI is InChI=1S/C16H14O5S2/c1-20-11-3-5-14(10(7-11)9-17)22-23-15-6-4-12(21-2)8-13(15)16(18)19/h3-9H,1-2H3,(H,18,19). The van der Waals surface area contributed by atoms with Gasteiger partial charge in [-0.05, 0) is 36.4 Å². The first kappa shape index (κ1) is 17.2. The Balaban J connectivity index is 2.24. The van der Waals surface area contributed by atoms with Crippen LogP contribution in [0.25, 0.3) is 0 Å². The van der Waals surface area contributed by atoms with Crippen molar-refractivity contribution >= 4 is 33.8 Å². The molecular formula is C16H14O5S2. The number of methoxy groups -OCH3 is 2. The molecule has 2 aromatic carbocycles. The fourth-order valence-corrected chi connectivity index (χ4v) is 4.08. The summed E-state index contributed by atoms with van der Waals surface area (Å²) in [6.45, 7) is 0. The molecule has 0 heterocycles. The lowest BCUT2D eigenvalue weighted by atomic mass is 10.2. The minimum Gasteiger partial charge on any atom is -0.497 e. The van der Waals surface area contributed by atoms with Crippen molar-refractivity contribution in [1.82, 2.24) is 0 Å². The Labute approximate surface area is 141 Å². The van der Waals surface area contributed by atoms with Crippen LogP contribution >= 0.6 is 21.6 Å². The Bertz CT molecular complexity index is 730. The van der Waals surface area contributed by atoms with Crippen molar-refractivity contribution in [3.8, 4) is 11.5 Å². The number of rotatable bonds is 7. The van der Waals surface area contributed by atoms with Crippen LogP contribution in [0.5, 0.6) is 11.5 Å². The SMILES string of the molecule is COc1ccc(SSc2ccc(OC)cc2C(=O)O)c(C=O)c1. The molecule has 120 valence electrons. The second kappa shape index (κ2) is 7.94. The molecule has 0 saturated heterocycles. The average molecular weight is 350 g/mol. The second-order valence-electron chi connectivity index (χ2n) is 4.36. The van der Waals surface area contributed by atoms with Crippen LogP contribution in [0.3, 0.4) is 0 Å². The summed E-state index contributed by atoms with van der Waals surface area (Å²) in [4.78, 5) is 23.8. The van der Waals surface area contributed by atoms with Gasteiger partial charge in [-0.25, -0.2) is 4.79 Å². The van der Waals surface area contributed by atoms with Crippen LogP contribution in [0.1, 0.15) is 20.7 Å². The van der Waals surface area contributed by atoms with Gasteiger partial charge in [0.1, 0.15) is 11.5 Å². The van der Waals surface area contributed by atoms with Crippen LogP contribution in [0.4, 0.5) is 0 Å². The molecule has 0 aromatic heterocycles. The smallest absolute Gasteiger partial charge is 0.336 e. The van der Waals surface area contributed by atoms with Crippen molar-refractivity contribution in [2.75, 3.05) is 14.2 Å². The summed E-state index contributed by atoms with van der Waals surface area (Å²) < 4.78 is 10.1. The Morgan fingerprint density at radius 3 is 2.13 bits per heavy atom.